The first kappa shape index (κ1) is 15.7. The topological polar surface area (TPSA) is 15.3 Å². The molecule has 18 heavy (non-hydrogen) atoms. The van der Waals surface area contributed by atoms with Gasteiger partial charge in [0.1, 0.15) is 5.82 Å². The second-order valence-corrected chi connectivity index (χ2v) is 5.27. The molecule has 2 unspecified atom stereocenters. The molecule has 0 amide bonds. The minimum absolute atomic E-state index is 0. The predicted octanol–water partition coefficient (Wildman–Crippen LogP) is 3.08. The van der Waals surface area contributed by atoms with E-state index < -0.39 is 0 Å². The van der Waals surface area contributed by atoms with Crippen LogP contribution in [0.2, 0.25) is 5.02 Å². The second kappa shape index (κ2) is 6.71. The van der Waals surface area contributed by atoms with Crippen LogP contribution in [0.25, 0.3) is 0 Å². The highest BCUT2D eigenvalue weighted by Gasteiger charge is 2.22. The van der Waals surface area contributed by atoms with Crippen molar-refractivity contribution in [3.8, 4) is 0 Å². The summed E-state index contributed by atoms with van der Waals surface area (Å²) in [5.41, 5.74) is 0.607. The fraction of sp³-hybridized carbons (Fsp3) is 0.538. The van der Waals surface area contributed by atoms with E-state index in [0.29, 0.717) is 29.2 Å². The molecule has 0 spiro atoms. The fourth-order valence-corrected chi connectivity index (χ4v) is 2.70. The summed E-state index contributed by atoms with van der Waals surface area (Å²) in [7, 11) is 0. The van der Waals surface area contributed by atoms with Gasteiger partial charge in [-0.2, -0.15) is 0 Å². The zero-order valence-corrected chi connectivity index (χ0v) is 12.2. The molecule has 1 heterocycles. The summed E-state index contributed by atoms with van der Waals surface area (Å²) in [5, 5.41) is 3.97. The summed E-state index contributed by atoms with van der Waals surface area (Å²) in [4.78, 5) is 2.25. The first-order valence-electron chi connectivity index (χ1n) is 5.97. The monoisotopic (exact) mass is 292 g/mol. The Morgan fingerprint density at radius 2 is 1.94 bits per heavy atom. The number of rotatable bonds is 2. The summed E-state index contributed by atoms with van der Waals surface area (Å²) < 4.78 is 13.7. The van der Waals surface area contributed by atoms with Crippen LogP contribution in [0.1, 0.15) is 19.4 Å². The van der Waals surface area contributed by atoms with E-state index in [9.17, 15) is 4.39 Å². The van der Waals surface area contributed by atoms with Gasteiger partial charge in [-0.1, -0.05) is 17.7 Å². The van der Waals surface area contributed by atoms with Crippen LogP contribution in [-0.2, 0) is 6.54 Å². The lowest BCUT2D eigenvalue weighted by molar-refractivity contribution is 0.165. The van der Waals surface area contributed by atoms with Crippen molar-refractivity contribution in [2.24, 2.45) is 0 Å². The lowest BCUT2D eigenvalue weighted by Crippen LogP contribution is -2.53. The Kier molecular flexibility index (Phi) is 5.86. The van der Waals surface area contributed by atoms with Crippen LogP contribution in [0.4, 0.5) is 4.39 Å². The van der Waals surface area contributed by atoms with Crippen LogP contribution in [0, 0.1) is 5.82 Å². The van der Waals surface area contributed by atoms with Gasteiger partial charge in [0.25, 0.3) is 0 Å². The normalized spacial score (nSPS) is 24.7. The van der Waals surface area contributed by atoms with E-state index in [1.165, 1.54) is 6.07 Å². The van der Waals surface area contributed by atoms with E-state index in [2.05, 4.69) is 24.1 Å². The van der Waals surface area contributed by atoms with E-state index >= 15 is 0 Å². The molecule has 1 aliphatic rings. The lowest BCUT2D eigenvalue weighted by atomic mass is 10.1. The highest BCUT2D eigenvalue weighted by molar-refractivity contribution is 6.31. The maximum absolute atomic E-state index is 13.7. The van der Waals surface area contributed by atoms with Crippen molar-refractivity contribution >= 4 is 24.0 Å². The number of nitrogens with zero attached hydrogens (tertiary/aromatic N) is 1. The molecule has 0 saturated carbocycles. The first-order valence-corrected chi connectivity index (χ1v) is 6.35. The molecular weight excluding hydrogens is 274 g/mol. The van der Waals surface area contributed by atoms with Crippen molar-refractivity contribution in [3.63, 3.8) is 0 Å². The summed E-state index contributed by atoms with van der Waals surface area (Å²) in [6.45, 7) is 6.73. The minimum Gasteiger partial charge on any atom is -0.309 e. The molecule has 0 aliphatic carbocycles. The van der Waals surface area contributed by atoms with E-state index in [-0.39, 0.29) is 18.2 Å². The van der Waals surface area contributed by atoms with Gasteiger partial charge in [-0.05, 0) is 26.0 Å². The molecular formula is C13H19Cl2FN2. The Labute approximate surface area is 119 Å². The van der Waals surface area contributed by atoms with Gasteiger partial charge in [0.05, 0.1) is 0 Å². The minimum atomic E-state index is -0.212. The number of piperazine rings is 1. The standard InChI is InChI=1S/C13H18ClFN2.ClH/c1-9-6-17(7-10(2)16-9)8-11-12(14)4-3-5-13(11)15;/h3-5,9-10,16H,6-8H2,1-2H3;1H. The molecule has 1 aromatic rings. The zero-order chi connectivity index (χ0) is 12.4. The number of nitrogens with one attached hydrogen (secondary N) is 1. The average molecular weight is 293 g/mol. The van der Waals surface area contributed by atoms with E-state index in [4.69, 9.17) is 11.6 Å². The number of hydrogen-bond donors (Lipinski definition) is 1. The number of halogens is 3. The molecule has 2 rings (SSSR count). The number of benzene rings is 1. The molecule has 1 aromatic carbocycles. The Morgan fingerprint density at radius 1 is 1.33 bits per heavy atom. The van der Waals surface area contributed by atoms with Crippen molar-refractivity contribution < 1.29 is 4.39 Å². The van der Waals surface area contributed by atoms with E-state index in [1.807, 2.05) is 0 Å². The van der Waals surface area contributed by atoms with E-state index in [1.54, 1.807) is 12.1 Å². The summed E-state index contributed by atoms with van der Waals surface area (Å²) in [6.07, 6.45) is 0. The molecule has 0 bridgehead atoms. The maximum atomic E-state index is 13.7. The molecule has 1 saturated heterocycles. The van der Waals surface area contributed by atoms with Gasteiger partial charge in [0.2, 0.25) is 0 Å². The molecule has 2 atom stereocenters. The number of hydrogen-bond acceptors (Lipinski definition) is 2. The molecule has 1 aliphatic heterocycles. The largest absolute Gasteiger partial charge is 0.309 e. The van der Waals surface area contributed by atoms with Crippen LogP contribution < -0.4 is 5.32 Å². The highest BCUT2D eigenvalue weighted by Crippen LogP contribution is 2.21. The Morgan fingerprint density at radius 3 is 2.50 bits per heavy atom. The summed E-state index contributed by atoms with van der Waals surface area (Å²) in [6, 6.07) is 5.73. The first-order chi connectivity index (χ1) is 8.06. The van der Waals surface area contributed by atoms with Crippen LogP contribution >= 0.6 is 24.0 Å². The van der Waals surface area contributed by atoms with Crippen molar-refractivity contribution in [2.75, 3.05) is 13.1 Å². The van der Waals surface area contributed by atoms with Gasteiger partial charge in [-0.15, -0.1) is 12.4 Å². The van der Waals surface area contributed by atoms with Gasteiger partial charge in [-0.25, -0.2) is 4.39 Å². The van der Waals surface area contributed by atoms with E-state index in [0.717, 1.165) is 13.1 Å². The Bertz CT molecular complexity index is 370. The Hall–Kier alpha value is -0.350. The van der Waals surface area contributed by atoms with Gasteiger partial charge < -0.3 is 5.32 Å². The fourth-order valence-electron chi connectivity index (χ4n) is 2.48. The molecule has 1 fully saturated rings. The Balaban J connectivity index is 0.00000162. The predicted molar refractivity (Wildman–Crippen MR) is 76.0 cm³/mol. The molecule has 0 aromatic heterocycles. The van der Waals surface area contributed by atoms with Gasteiger partial charge in [-0.3, -0.25) is 4.90 Å². The van der Waals surface area contributed by atoms with Crippen molar-refractivity contribution in [2.45, 2.75) is 32.5 Å². The molecule has 102 valence electrons. The van der Waals surface area contributed by atoms with Crippen molar-refractivity contribution in [1.29, 1.82) is 0 Å². The maximum Gasteiger partial charge on any atom is 0.129 e. The van der Waals surface area contributed by atoms with Gasteiger partial charge in [0.15, 0.2) is 0 Å². The SMILES string of the molecule is CC1CN(Cc2c(F)cccc2Cl)CC(C)N1.Cl. The quantitative estimate of drug-likeness (QED) is 0.901. The third-order valence-corrected chi connectivity index (χ3v) is 3.43. The highest BCUT2D eigenvalue weighted by atomic mass is 35.5. The molecule has 1 N–H and O–H groups in total. The van der Waals surface area contributed by atoms with Crippen LogP contribution in [0.3, 0.4) is 0 Å². The average Bonchev–Trinajstić information content (AvgIpc) is 2.22. The van der Waals surface area contributed by atoms with Crippen molar-refractivity contribution in [3.05, 3.63) is 34.6 Å². The second-order valence-electron chi connectivity index (χ2n) is 4.86. The third kappa shape index (κ3) is 3.82. The van der Waals surface area contributed by atoms with Crippen LogP contribution in [0.15, 0.2) is 18.2 Å². The van der Waals surface area contributed by atoms with Crippen LogP contribution in [-0.4, -0.2) is 30.1 Å². The third-order valence-electron chi connectivity index (χ3n) is 3.08. The summed E-state index contributed by atoms with van der Waals surface area (Å²) in [5.74, 6) is -0.212. The van der Waals surface area contributed by atoms with Crippen LogP contribution in [0.5, 0.6) is 0 Å². The zero-order valence-electron chi connectivity index (χ0n) is 10.6. The molecule has 2 nitrogen and oxygen atoms in total. The van der Waals surface area contributed by atoms with Gasteiger partial charge in [0, 0.05) is 42.3 Å². The van der Waals surface area contributed by atoms with Gasteiger partial charge >= 0.3 is 0 Å². The van der Waals surface area contributed by atoms with Crippen molar-refractivity contribution in [1.82, 2.24) is 10.2 Å². The molecule has 5 heteroatoms. The smallest absolute Gasteiger partial charge is 0.129 e. The lowest BCUT2D eigenvalue weighted by Gasteiger charge is -2.36. The summed E-state index contributed by atoms with van der Waals surface area (Å²) >= 11 is 6.04. The molecule has 0 radical (unpaired) electrons.